The van der Waals surface area contributed by atoms with Gasteiger partial charge in [-0.3, -0.25) is 19.9 Å². The van der Waals surface area contributed by atoms with E-state index in [2.05, 4.69) is 30.7 Å². The van der Waals surface area contributed by atoms with Gasteiger partial charge in [0.1, 0.15) is 11.6 Å². The summed E-state index contributed by atoms with van der Waals surface area (Å²) in [6, 6.07) is 0. The summed E-state index contributed by atoms with van der Waals surface area (Å²) in [5, 5.41) is 3.31. The van der Waals surface area contributed by atoms with Crippen molar-refractivity contribution in [3.63, 3.8) is 0 Å². The van der Waals surface area contributed by atoms with Crippen LogP contribution in [0.5, 0.6) is 0 Å². The Hall–Kier alpha value is -1.20. The SMILES string of the molecule is C[C@]12CCC(NOC3CCNC3)=CC1C(=O)C[C@@H]1[C@H]2CC[C@]2(C)C(=O)CC[C@@H]12. The van der Waals surface area contributed by atoms with Gasteiger partial charge in [0.05, 0.1) is 6.10 Å². The number of hydrogen-bond donors (Lipinski definition) is 2. The Morgan fingerprint density at radius 3 is 2.75 bits per heavy atom. The van der Waals surface area contributed by atoms with Gasteiger partial charge in [0.25, 0.3) is 0 Å². The smallest absolute Gasteiger partial charge is 0.140 e. The van der Waals surface area contributed by atoms with E-state index in [1.54, 1.807) is 0 Å². The van der Waals surface area contributed by atoms with Gasteiger partial charge in [-0.2, -0.15) is 0 Å². The largest absolute Gasteiger partial charge is 0.314 e. The minimum Gasteiger partial charge on any atom is -0.314 e. The fraction of sp³-hybridized carbons (Fsp3) is 0.826. The minimum absolute atomic E-state index is 0.00300. The van der Waals surface area contributed by atoms with Crippen LogP contribution in [0.15, 0.2) is 11.8 Å². The first kappa shape index (κ1) is 18.8. The molecule has 154 valence electrons. The molecule has 3 saturated carbocycles. The van der Waals surface area contributed by atoms with Crippen LogP contribution in [0.2, 0.25) is 0 Å². The van der Waals surface area contributed by atoms with Gasteiger partial charge in [0, 0.05) is 36.4 Å². The van der Waals surface area contributed by atoms with E-state index >= 15 is 0 Å². The lowest BCUT2D eigenvalue weighted by atomic mass is 9.46. The molecule has 7 atom stereocenters. The Balaban J connectivity index is 1.35. The predicted molar refractivity (Wildman–Crippen MR) is 106 cm³/mol. The summed E-state index contributed by atoms with van der Waals surface area (Å²) in [5.41, 5.74) is 4.13. The molecule has 4 fully saturated rings. The van der Waals surface area contributed by atoms with Crippen LogP contribution in [0.25, 0.3) is 0 Å². The van der Waals surface area contributed by atoms with Crippen molar-refractivity contribution in [2.45, 2.75) is 71.3 Å². The van der Waals surface area contributed by atoms with Crippen LogP contribution in [0.3, 0.4) is 0 Å². The molecule has 0 spiro atoms. The lowest BCUT2D eigenvalue weighted by molar-refractivity contribution is -0.149. The summed E-state index contributed by atoms with van der Waals surface area (Å²) in [4.78, 5) is 31.7. The highest BCUT2D eigenvalue weighted by Crippen LogP contribution is 2.64. The van der Waals surface area contributed by atoms with Crippen molar-refractivity contribution in [3.05, 3.63) is 11.8 Å². The highest BCUT2D eigenvalue weighted by Gasteiger charge is 2.61. The van der Waals surface area contributed by atoms with E-state index in [4.69, 9.17) is 4.84 Å². The molecule has 5 aliphatic rings. The first-order valence-electron chi connectivity index (χ1n) is 11.3. The van der Waals surface area contributed by atoms with Crippen molar-refractivity contribution in [2.24, 2.45) is 34.5 Å². The Labute approximate surface area is 168 Å². The maximum atomic E-state index is 13.3. The molecule has 4 aliphatic carbocycles. The Morgan fingerprint density at radius 1 is 1.11 bits per heavy atom. The fourth-order valence-corrected chi connectivity index (χ4v) is 7.41. The third kappa shape index (κ3) is 2.72. The second-order valence-electron chi connectivity index (χ2n) is 10.5. The summed E-state index contributed by atoms with van der Waals surface area (Å²) < 4.78 is 0. The zero-order valence-electron chi connectivity index (χ0n) is 17.3. The number of carbonyl (C=O) groups is 2. The molecule has 0 radical (unpaired) electrons. The number of hydroxylamine groups is 1. The number of hydrogen-bond acceptors (Lipinski definition) is 5. The molecule has 1 aliphatic heterocycles. The normalized spacial score (nSPS) is 47.9. The van der Waals surface area contributed by atoms with Crippen LogP contribution >= 0.6 is 0 Å². The quantitative estimate of drug-likeness (QED) is 0.730. The zero-order chi connectivity index (χ0) is 19.5. The van der Waals surface area contributed by atoms with Crippen LogP contribution < -0.4 is 10.8 Å². The van der Waals surface area contributed by atoms with Crippen LogP contribution in [0, 0.1) is 34.5 Å². The predicted octanol–water partition coefficient (Wildman–Crippen LogP) is 3.15. The molecular formula is C23H34N2O3. The molecule has 2 N–H and O–H groups in total. The van der Waals surface area contributed by atoms with Crippen molar-refractivity contribution < 1.29 is 14.4 Å². The molecule has 2 unspecified atom stereocenters. The van der Waals surface area contributed by atoms with Gasteiger partial charge in [-0.25, -0.2) is 0 Å². The van der Waals surface area contributed by atoms with E-state index in [1.807, 2.05) is 0 Å². The first-order valence-corrected chi connectivity index (χ1v) is 11.3. The summed E-state index contributed by atoms with van der Waals surface area (Å²) >= 11 is 0. The Morgan fingerprint density at radius 2 is 1.96 bits per heavy atom. The van der Waals surface area contributed by atoms with Gasteiger partial charge in [0.15, 0.2) is 0 Å². The lowest BCUT2D eigenvalue weighted by Crippen LogP contribution is -2.55. The molecule has 1 heterocycles. The van der Waals surface area contributed by atoms with E-state index < -0.39 is 0 Å². The van der Waals surface area contributed by atoms with E-state index in [1.165, 1.54) is 0 Å². The van der Waals surface area contributed by atoms with Crippen LogP contribution in [0.4, 0.5) is 0 Å². The van der Waals surface area contributed by atoms with Crippen LogP contribution in [-0.4, -0.2) is 30.8 Å². The summed E-state index contributed by atoms with van der Waals surface area (Å²) in [6.07, 6.45) is 9.91. The van der Waals surface area contributed by atoms with Crippen LogP contribution in [-0.2, 0) is 14.4 Å². The number of ketones is 2. The third-order valence-electron chi connectivity index (χ3n) is 9.16. The van der Waals surface area contributed by atoms with E-state index in [0.717, 1.165) is 63.7 Å². The minimum atomic E-state index is -0.162. The van der Waals surface area contributed by atoms with E-state index in [-0.39, 0.29) is 22.9 Å². The van der Waals surface area contributed by atoms with Gasteiger partial charge in [0.2, 0.25) is 0 Å². The Kier molecular flexibility index (Phi) is 4.48. The van der Waals surface area contributed by atoms with E-state index in [9.17, 15) is 9.59 Å². The standard InChI is InChI=1S/C23H34N2O3/c1-22-8-5-14(25-28-15-7-10-24-13-15)11-19(22)20(26)12-16-17-3-4-21(27)23(17,2)9-6-18(16)22/h11,15-19,24-25H,3-10,12-13H2,1-2H3/t15?,16-,17-,18+,19?,22+,23-/m0/s1. The molecule has 0 amide bonds. The van der Waals surface area contributed by atoms with Gasteiger partial charge < -0.3 is 5.32 Å². The summed E-state index contributed by atoms with van der Waals surface area (Å²) in [6.45, 7) is 6.43. The number of nitrogens with one attached hydrogen (secondary N) is 2. The first-order chi connectivity index (χ1) is 13.4. The maximum absolute atomic E-state index is 13.3. The molecule has 0 aromatic rings. The molecule has 1 saturated heterocycles. The molecule has 28 heavy (non-hydrogen) atoms. The zero-order valence-corrected chi connectivity index (χ0v) is 17.3. The van der Waals surface area contributed by atoms with Crippen molar-refractivity contribution in [3.8, 4) is 0 Å². The summed E-state index contributed by atoms with van der Waals surface area (Å²) in [5.74, 6) is 2.22. The van der Waals surface area contributed by atoms with Crippen LogP contribution in [0.1, 0.15) is 65.2 Å². The van der Waals surface area contributed by atoms with Crippen molar-refractivity contribution in [1.29, 1.82) is 0 Å². The molecule has 0 bridgehead atoms. The van der Waals surface area contributed by atoms with Crippen molar-refractivity contribution in [1.82, 2.24) is 10.8 Å². The fourth-order valence-electron chi connectivity index (χ4n) is 7.41. The number of allylic oxidation sites excluding steroid dienone is 2. The highest BCUT2D eigenvalue weighted by molar-refractivity contribution is 5.88. The number of carbonyl (C=O) groups excluding carboxylic acids is 2. The highest BCUT2D eigenvalue weighted by atomic mass is 16.7. The molecule has 5 nitrogen and oxygen atoms in total. The van der Waals surface area contributed by atoms with Crippen molar-refractivity contribution in [2.75, 3.05) is 13.1 Å². The third-order valence-corrected chi connectivity index (χ3v) is 9.16. The van der Waals surface area contributed by atoms with Crippen molar-refractivity contribution >= 4 is 11.6 Å². The van der Waals surface area contributed by atoms with E-state index in [0.29, 0.717) is 35.7 Å². The lowest BCUT2D eigenvalue weighted by Gasteiger charge is -2.58. The molecular weight excluding hydrogens is 352 g/mol. The second kappa shape index (κ2) is 6.66. The molecule has 0 aromatic heterocycles. The topological polar surface area (TPSA) is 67.4 Å². The Bertz CT molecular complexity index is 713. The maximum Gasteiger partial charge on any atom is 0.140 e. The number of Topliss-reactive ketones (excluding diaryl/α,β-unsaturated/α-hetero) is 2. The molecule has 5 heteroatoms. The second-order valence-corrected chi connectivity index (χ2v) is 10.5. The number of fused-ring (bicyclic) bond motifs is 5. The summed E-state index contributed by atoms with van der Waals surface area (Å²) in [7, 11) is 0. The molecule has 0 aromatic carbocycles. The van der Waals surface area contributed by atoms with Gasteiger partial charge in [-0.1, -0.05) is 19.9 Å². The average Bonchev–Trinajstić information content (AvgIpc) is 3.29. The molecule has 5 rings (SSSR count). The average molecular weight is 387 g/mol. The van der Waals surface area contributed by atoms with Gasteiger partial charge >= 0.3 is 0 Å². The monoisotopic (exact) mass is 386 g/mol. The van der Waals surface area contributed by atoms with Gasteiger partial charge in [-0.15, -0.1) is 0 Å². The number of rotatable bonds is 3. The van der Waals surface area contributed by atoms with Gasteiger partial charge in [-0.05, 0) is 68.2 Å².